The first-order chi connectivity index (χ1) is 8.20. The molecule has 2 heterocycles. The maximum absolute atomic E-state index is 11.7. The molecule has 0 saturated heterocycles. The predicted molar refractivity (Wildman–Crippen MR) is 58.3 cm³/mol. The maximum atomic E-state index is 11.7. The number of hydrogen-bond donors (Lipinski definition) is 3. The molecule has 84 valence electrons. The first kappa shape index (κ1) is 10.6. The molecule has 1 amide bonds. The SMILES string of the molecule is N#Cc1cn[nH]c1NC(=O)c1ccc(=O)[nH]c1. The summed E-state index contributed by atoms with van der Waals surface area (Å²) >= 11 is 0. The molecule has 17 heavy (non-hydrogen) atoms. The molecule has 0 fully saturated rings. The van der Waals surface area contributed by atoms with E-state index in [4.69, 9.17) is 5.26 Å². The predicted octanol–water partition coefficient (Wildman–Crippen LogP) is 0.222. The third-order valence-electron chi connectivity index (χ3n) is 2.04. The van der Waals surface area contributed by atoms with Gasteiger partial charge in [0.25, 0.3) is 5.91 Å². The second-order valence-electron chi connectivity index (χ2n) is 3.17. The highest BCUT2D eigenvalue weighted by Crippen LogP contribution is 2.10. The number of amides is 1. The third-order valence-corrected chi connectivity index (χ3v) is 2.04. The number of anilines is 1. The summed E-state index contributed by atoms with van der Waals surface area (Å²) in [6, 6.07) is 4.50. The molecule has 2 aromatic heterocycles. The number of carbonyl (C=O) groups is 1. The summed E-state index contributed by atoms with van der Waals surface area (Å²) in [4.78, 5) is 24.9. The molecule has 3 N–H and O–H groups in total. The number of nitriles is 1. The van der Waals surface area contributed by atoms with Crippen LogP contribution in [0.25, 0.3) is 0 Å². The first-order valence-electron chi connectivity index (χ1n) is 4.64. The molecular weight excluding hydrogens is 222 g/mol. The summed E-state index contributed by atoms with van der Waals surface area (Å²) in [5.41, 5.74) is 0.228. The Kier molecular flexibility index (Phi) is 2.70. The van der Waals surface area contributed by atoms with Gasteiger partial charge in [-0.2, -0.15) is 10.4 Å². The molecule has 7 nitrogen and oxygen atoms in total. The van der Waals surface area contributed by atoms with Crippen LogP contribution in [0.3, 0.4) is 0 Å². The average Bonchev–Trinajstić information content (AvgIpc) is 2.77. The van der Waals surface area contributed by atoms with Gasteiger partial charge in [0.15, 0.2) is 0 Å². The largest absolute Gasteiger partial charge is 0.328 e. The maximum Gasteiger partial charge on any atom is 0.258 e. The fraction of sp³-hybridized carbons (Fsp3) is 0. The zero-order chi connectivity index (χ0) is 12.3. The number of aromatic nitrogens is 3. The van der Waals surface area contributed by atoms with Gasteiger partial charge >= 0.3 is 0 Å². The van der Waals surface area contributed by atoms with Crippen molar-refractivity contribution in [2.24, 2.45) is 0 Å². The zero-order valence-corrected chi connectivity index (χ0v) is 8.52. The lowest BCUT2D eigenvalue weighted by Crippen LogP contribution is -2.15. The van der Waals surface area contributed by atoms with E-state index >= 15 is 0 Å². The fourth-order valence-corrected chi connectivity index (χ4v) is 1.20. The lowest BCUT2D eigenvalue weighted by atomic mass is 10.2. The summed E-state index contributed by atoms with van der Waals surface area (Å²) in [6.45, 7) is 0. The number of rotatable bonds is 2. The van der Waals surface area contributed by atoms with Crippen LogP contribution in [0.2, 0.25) is 0 Å². The van der Waals surface area contributed by atoms with Crippen molar-refractivity contribution in [2.75, 3.05) is 5.32 Å². The Morgan fingerprint density at radius 3 is 2.94 bits per heavy atom. The van der Waals surface area contributed by atoms with E-state index in [0.29, 0.717) is 0 Å². The highest BCUT2D eigenvalue weighted by molar-refractivity contribution is 6.04. The monoisotopic (exact) mass is 229 g/mol. The molecule has 0 spiro atoms. The minimum atomic E-state index is -0.443. The molecule has 0 aromatic carbocycles. The van der Waals surface area contributed by atoms with Gasteiger partial charge in [0.1, 0.15) is 17.5 Å². The minimum Gasteiger partial charge on any atom is -0.328 e. The van der Waals surface area contributed by atoms with Gasteiger partial charge < -0.3 is 10.3 Å². The lowest BCUT2D eigenvalue weighted by molar-refractivity contribution is 0.102. The number of nitrogens with zero attached hydrogens (tertiary/aromatic N) is 2. The number of carbonyl (C=O) groups excluding carboxylic acids is 1. The van der Waals surface area contributed by atoms with E-state index in [9.17, 15) is 9.59 Å². The molecule has 0 aliphatic heterocycles. The highest BCUT2D eigenvalue weighted by atomic mass is 16.2. The molecule has 0 saturated carbocycles. The van der Waals surface area contributed by atoms with Crippen molar-refractivity contribution in [3.8, 4) is 6.07 Å². The average molecular weight is 229 g/mol. The topological polar surface area (TPSA) is 114 Å². The molecule has 0 atom stereocenters. The molecule has 0 aliphatic rings. The Labute approximate surface area is 95.1 Å². The highest BCUT2D eigenvalue weighted by Gasteiger charge is 2.10. The molecular formula is C10H7N5O2. The molecule has 2 aromatic rings. The van der Waals surface area contributed by atoms with Gasteiger partial charge in [0.2, 0.25) is 5.56 Å². The summed E-state index contributed by atoms with van der Waals surface area (Å²) in [7, 11) is 0. The summed E-state index contributed by atoms with van der Waals surface area (Å²) in [5.74, 6) is -0.217. The Balaban J connectivity index is 2.20. The molecule has 7 heteroatoms. The molecule has 0 unspecified atom stereocenters. The van der Waals surface area contributed by atoms with Crippen molar-refractivity contribution in [3.63, 3.8) is 0 Å². The van der Waals surface area contributed by atoms with Gasteiger partial charge in [-0.25, -0.2) is 0 Å². The van der Waals surface area contributed by atoms with Crippen molar-refractivity contribution in [2.45, 2.75) is 0 Å². The van der Waals surface area contributed by atoms with Crippen molar-refractivity contribution in [3.05, 3.63) is 46.0 Å². The molecule has 0 aliphatic carbocycles. The van der Waals surface area contributed by atoms with E-state index in [1.165, 1.54) is 24.5 Å². The van der Waals surface area contributed by atoms with Crippen LogP contribution in [0.1, 0.15) is 15.9 Å². The zero-order valence-electron chi connectivity index (χ0n) is 8.52. The van der Waals surface area contributed by atoms with Crippen LogP contribution in [-0.4, -0.2) is 21.1 Å². The Bertz CT molecular complexity index is 629. The Morgan fingerprint density at radius 1 is 1.47 bits per heavy atom. The van der Waals surface area contributed by atoms with Crippen molar-refractivity contribution < 1.29 is 4.79 Å². The summed E-state index contributed by atoms with van der Waals surface area (Å²) in [5, 5.41) is 17.3. The van der Waals surface area contributed by atoms with Gasteiger partial charge in [-0.3, -0.25) is 14.7 Å². The standard InChI is InChI=1S/C10H7N5O2/c11-3-7-5-13-15-9(7)14-10(17)6-1-2-8(16)12-4-6/h1-2,4-5H,(H,12,16)(H2,13,14,15,17). The van der Waals surface area contributed by atoms with E-state index < -0.39 is 5.91 Å². The van der Waals surface area contributed by atoms with Crippen LogP contribution in [0.15, 0.2) is 29.3 Å². The van der Waals surface area contributed by atoms with E-state index in [0.717, 1.165) is 0 Å². The van der Waals surface area contributed by atoms with Gasteiger partial charge in [0.05, 0.1) is 11.8 Å². The van der Waals surface area contributed by atoms with Crippen LogP contribution in [0.5, 0.6) is 0 Å². The molecule has 0 radical (unpaired) electrons. The number of pyridine rings is 1. The fourth-order valence-electron chi connectivity index (χ4n) is 1.20. The number of hydrogen-bond acceptors (Lipinski definition) is 4. The second kappa shape index (κ2) is 4.32. The first-order valence-corrected chi connectivity index (χ1v) is 4.64. The van der Waals surface area contributed by atoms with Crippen LogP contribution in [0.4, 0.5) is 5.82 Å². The molecule has 0 bridgehead atoms. The van der Waals surface area contributed by atoms with E-state index in [1.54, 1.807) is 0 Å². The van der Waals surface area contributed by atoms with Crippen molar-refractivity contribution in [1.82, 2.24) is 15.2 Å². The molecule has 2 rings (SSSR count). The van der Waals surface area contributed by atoms with Crippen LogP contribution < -0.4 is 10.9 Å². The summed E-state index contributed by atoms with van der Waals surface area (Å²) in [6.07, 6.45) is 2.60. The van der Waals surface area contributed by atoms with E-state index in [2.05, 4.69) is 20.5 Å². The normalized spacial score (nSPS) is 9.59. The van der Waals surface area contributed by atoms with Crippen molar-refractivity contribution >= 4 is 11.7 Å². The van der Waals surface area contributed by atoms with Crippen LogP contribution >= 0.6 is 0 Å². The Hall–Kier alpha value is -2.88. The second-order valence-corrected chi connectivity index (χ2v) is 3.17. The number of aromatic amines is 2. The Morgan fingerprint density at radius 2 is 2.29 bits per heavy atom. The quantitative estimate of drug-likeness (QED) is 0.683. The smallest absolute Gasteiger partial charge is 0.258 e. The lowest BCUT2D eigenvalue weighted by Gasteiger charge is -2.01. The third kappa shape index (κ3) is 2.21. The van der Waals surface area contributed by atoms with Crippen LogP contribution in [-0.2, 0) is 0 Å². The van der Waals surface area contributed by atoms with E-state index in [1.807, 2.05) is 6.07 Å². The van der Waals surface area contributed by atoms with Gasteiger partial charge in [-0.05, 0) is 6.07 Å². The van der Waals surface area contributed by atoms with Crippen LogP contribution in [0, 0.1) is 11.3 Å². The minimum absolute atomic E-state index is 0.226. The summed E-state index contributed by atoms with van der Waals surface area (Å²) < 4.78 is 0. The van der Waals surface area contributed by atoms with Gasteiger partial charge in [-0.15, -0.1) is 0 Å². The van der Waals surface area contributed by atoms with E-state index in [-0.39, 0.29) is 22.5 Å². The number of H-pyrrole nitrogens is 2. The van der Waals surface area contributed by atoms with Gasteiger partial charge in [-0.1, -0.05) is 0 Å². The van der Waals surface area contributed by atoms with Crippen molar-refractivity contribution in [1.29, 1.82) is 5.26 Å². The van der Waals surface area contributed by atoms with Gasteiger partial charge in [0, 0.05) is 12.3 Å². The number of nitrogens with one attached hydrogen (secondary N) is 3.